The van der Waals surface area contributed by atoms with Crippen molar-refractivity contribution >= 4 is 5.91 Å². The van der Waals surface area contributed by atoms with E-state index in [9.17, 15) is 4.79 Å². The lowest BCUT2D eigenvalue weighted by Gasteiger charge is -2.22. The summed E-state index contributed by atoms with van der Waals surface area (Å²) >= 11 is 0. The lowest BCUT2D eigenvalue weighted by molar-refractivity contribution is 0.0724. The largest absolute Gasteiger partial charge is 0.497 e. The van der Waals surface area contributed by atoms with E-state index in [1.807, 2.05) is 24.0 Å². The van der Waals surface area contributed by atoms with E-state index in [1.54, 1.807) is 13.2 Å². The fourth-order valence-electron chi connectivity index (χ4n) is 2.27. The summed E-state index contributed by atoms with van der Waals surface area (Å²) in [4.78, 5) is 14.6. The van der Waals surface area contributed by atoms with Gasteiger partial charge >= 0.3 is 0 Å². The van der Waals surface area contributed by atoms with Crippen molar-refractivity contribution in [3.63, 3.8) is 0 Å². The number of carbonyl (C=O) groups excluding carboxylic acids is 1. The van der Waals surface area contributed by atoms with Crippen molar-refractivity contribution in [2.24, 2.45) is 0 Å². The van der Waals surface area contributed by atoms with Gasteiger partial charge in [0.1, 0.15) is 5.75 Å². The van der Waals surface area contributed by atoms with Crippen LogP contribution in [-0.4, -0.2) is 44.6 Å². The van der Waals surface area contributed by atoms with E-state index >= 15 is 0 Å². The van der Waals surface area contributed by atoms with Crippen LogP contribution in [0.25, 0.3) is 0 Å². The molecule has 1 heterocycles. The molecule has 0 atom stereocenters. The van der Waals surface area contributed by atoms with Gasteiger partial charge in [-0.15, -0.1) is 10.2 Å². The van der Waals surface area contributed by atoms with Crippen LogP contribution in [0.3, 0.4) is 0 Å². The van der Waals surface area contributed by atoms with Gasteiger partial charge in [-0.25, -0.2) is 0 Å². The predicted molar refractivity (Wildman–Crippen MR) is 74.8 cm³/mol. The zero-order valence-electron chi connectivity index (χ0n) is 12.0. The normalized spacial score (nSPS) is 14.0. The number of amides is 1. The van der Waals surface area contributed by atoms with Crippen LogP contribution < -0.4 is 4.74 Å². The second-order valence-electron chi connectivity index (χ2n) is 5.17. The molecule has 2 aromatic rings. The van der Waals surface area contributed by atoms with Crippen molar-refractivity contribution in [1.29, 1.82) is 0 Å². The molecule has 1 fully saturated rings. The van der Waals surface area contributed by atoms with Gasteiger partial charge in [-0.05, 0) is 37.5 Å². The summed E-state index contributed by atoms with van der Waals surface area (Å²) in [6.45, 7) is 2.29. The van der Waals surface area contributed by atoms with E-state index in [1.165, 1.54) is 0 Å². The van der Waals surface area contributed by atoms with E-state index in [0.29, 0.717) is 23.7 Å². The Kier molecular flexibility index (Phi) is 3.55. The Morgan fingerprint density at radius 1 is 1.48 bits per heavy atom. The average molecular weight is 287 g/mol. The number of ether oxygens (including phenoxy) is 1. The van der Waals surface area contributed by atoms with Gasteiger partial charge in [-0.2, -0.15) is 5.21 Å². The second kappa shape index (κ2) is 5.51. The van der Waals surface area contributed by atoms with Gasteiger partial charge in [0.25, 0.3) is 5.91 Å². The number of nitrogens with zero attached hydrogens (tertiary/aromatic N) is 4. The van der Waals surface area contributed by atoms with Crippen LogP contribution in [0.15, 0.2) is 18.2 Å². The molecule has 7 heteroatoms. The molecule has 21 heavy (non-hydrogen) atoms. The van der Waals surface area contributed by atoms with Gasteiger partial charge in [0, 0.05) is 11.6 Å². The van der Waals surface area contributed by atoms with Crippen molar-refractivity contribution < 1.29 is 9.53 Å². The number of carbonyl (C=O) groups is 1. The SMILES string of the molecule is COc1ccc(C)c(C(=O)N(Cc2nn[nH]n2)C2CC2)c1. The summed E-state index contributed by atoms with van der Waals surface area (Å²) in [6.07, 6.45) is 2.04. The fourth-order valence-corrected chi connectivity index (χ4v) is 2.27. The maximum absolute atomic E-state index is 12.8. The molecule has 1 aliphatic carbocycles. The third-order valence-corrected chi connectivity index (χ3v) is 3.62. The lowest BCUT2D eigenvalue weighted by Crippen LogP contribution is -2.33. The van der Waals surface area contributed by atoms with E-state index in [4.69, 9.17) is 4.74 Å². The second-order valence-corrected chi connectivity index (χ2v) is 5.17. The predicted octanol–water partition coefficient (Wildman–Crippen LogP) is 1.32. The molecule has 0 aliphatic heterocycles. The van der Waals surface area contributed by atoms with Crippen LogP contribution in [0.2, 0.25) is 0 Å². The van der Waals surface area contributed by atoms with Crippen molar-refractivity contribution in [3.8, 4) is 5.75 Å². The van der Waals surface area contributed by atoms with Gasteiger partial charge < -0.3 is 9.64 Å². The van der Waals surface area contributed by atoms with Crippen LogP contribution in [0.1, 0.15) is 34.6 Å². The molecular weight excluding hydrogens is 270 g/mol. The molecule has 1 aromatic heterocycles. The molecule has 0 bridgehead atoms. The highest BCUT2D eigenvalue weighted by Gasteiger charge is 2.34. The number of benzene rings is 1. The zero-order valence-corrected chi connectivity index (χ0v) is 12.0. The highest BCUT2D eigenvalue weighted by molar-refractivity contribution is 5.96. The maximum Gasteiger partial charge on any atom is 0.254 e. The zero-order chi connectivity index (χ0) is 14.8. The smallest absolute Gasteiger partial charge is 0.254 e. The molecule has 1 aliphatic rings. The van der Waals surface area contributed by atoms with Gasteiger partial charge in [0.15, 0.2) is 5.82 Å². The monoisotopic (exact) mass is 287 g/mol. The molecule has 0 saturated heterocycles. The topological polar surface area (TPSA) is 84.0 Å². The van der Waals surface area contributed by atoms with Crippen molar-refractivity contribution in [1.82, 2.24) is 25.5 Å². The molecule has 0 spiro atoms. The fraction of sp³-hybridized carbons (Fsp3) is 0.429. The first-order valence-electron chi connectivity index (χ1n) is 6.87. The van der Waals surface area contributed by atoms with Crippen LogP contribution in [0, 0.1) is 6.92 Å². The number of methoxy groups -OCH3 is 1. The first-order valence-corrected chi connectivity index (χ1v) is 6.87. The Morgan fingerprint density at radius 3 is 2.90 bits per heavy atom. The van der Waals surface area contributed by atoms with Crippen LogP contribution in [0.5, 0.6) is 5.75 Å². The number of aryl methyl sites for hydroxylation is 1. The van der Waals surface area contributed by atoms with E-state index in [-0.39, 0.29) is 11.9 Å². The molecular formula is C14H17N5O2. The number of H-pyrrole nitrogens is 1. The highest BCUT2D eigenvalue weighted by Crippen LogP contribution is 2.30. The van der Waals surface area contributed by atoms with Gasteiger partial charge in [-0.1, -0.05) is 11.3 Å². The summed E-state index contributed by atoms with van der Waals surface area (Å²) in [5.41, 5.74) is 1.59. The highest BCUT2D eigenvalue weighted by atomic mass is 16.5. The number of tetrazole rings is 1. The molecule has 3 rings (SSSR count). The Morgan fingerprint density at radius 2 is 2.29 bits per heavy atom. The maximum atomic E-state index is 12.8. The first kappa shape index (κ1) is 13.5. The number of hydrogen-bond acceptors (Lipinski definition) is 5. The molecule has 1 N–H and O–H groups in total. The molecule has 110 valence electrons. The summed E-state index contributed by atoms with van der Waals surface area (Å²) in [7, 11) is 1.59. The molecule has 1 amide bonds. The molecule has 1 aromatic carbocycles. The number of aromatic amines is 1. The summed E-state index contributed by atoms with van der Waals surface area (Å²) < 4.78 is 5.21. The molecule has 7 nitrogen and oxygen atoms in total. The van der Waals surface area contributed by atoms with Crippen LogP contribution in [0.4, 0.5) is 0 Å². The average Bonchev–Trinajstić information content (AvgIpc) is 3.21. The lowest BCUT2D eigenvalue weighted by atomic mass is 10.1. The standard InChI is InChI=1S/C14H17N5O2/c1-9-3-6-11(21-2)7-12(9)14(20)19(10-4-5-10)8-13-15-17-18-16-13/h3,6-7,10H,4-5,8H2,1-2H3,(H,15,16,17,18). The summed E-state index contributed by atoms with van der Waals surface area (Å²) in [5, 5.41) is 13.8. The minimum Gasteiger partial charge on any atom is -0.497 e. The summed E-state index contributed by atoms with van der Waals surface area (Å²) in [6, 6.07) is 5.79. The Balaban J connectivity index is 1.87. The number of hydrogen-bond donors (Lipinski definition) is 1. The van der Waals surface area contributed by atoms with E-state index in [0.717, 1.165) is 18.4 Å². The Bertz CT molecular complexity index is 637. The minimum absolute atomic E-state index is 0.0151. The van der Waals surface area contributed by atoms with Gasteiger partial charge in [-0.3, -0.25) is 4.79 Å². The van der Waals surface area contributed by atoms with E-state index in [2.05, 4.69) is 20.6 Å². The van der Waals surface area contributed by atoms with Crippen molar-refractivity contribution in [2.75, 3.05) is 7.11 Å². The molecule has 0 radical (unpaired) electrons. The van der Waals surface area contributed by atoms with Gasteiger partial charge in [0.05, 0.1) is 13.7 Å². The Labute approximate surface area is 122 Å². The van der Waals surface area contributed by atoms with Crippen molar-refractivity contribution in [3.05, 3.63) is 35.2 Å². The van der Waals surface area contributed by atoms with Crippen LogP contribution in [-0.2, 0) is 6.54 Å². The van der Waals surface area contributed by atoms with Crippen LogP contribution >= 0.6 is 0 Å². The summed E-state index contributed by atoms with van der Waals surface area (Å²) in [5.74, 6) is 1.19. The molecule has 1 saturated carbocycles. The third kappa shape index (κ3) is 2.86. The minimum atomic E-state index is -0.0151. The van der Waals surface area contributed by atoms with E-state index < -0.39 is 0 Å². The molecule has 0 unspecified atom stereocenters. The quantitative estimate of drug-likeness (QED) is 0.896. The Hall–Kier alpha value is -2.44. The number of rotatable bonds is 5. The number of nitrogens with one attached hydrogen (secondary N) is 1. The number of aromatic nitrogens is 4. The first-order chi connectivity index (χ1) is 10.2. The van der Waals surface area contributed by atoms with Crippen molar-refractivity contribution in [2.45, 2.75) is 32.4 Å². The third-order valence-electron chi connectivity index (χ3n) is 3.62. The van der Waals surface area contributed by atoms with Gasteiger partial charge in [0.2, 0.25) is 0 Å².